The molecule has 0 fully saturated rings. The first-order valence-electron chi connectivity index (χ1n) is 8.09. The van der Waals surface area contributed by atoms with Crippen molar-refractivity contribution in [2.45, 2.75) is 37.8 Å². The van der Waals surface area contributed by atoms with Crippen LogP contribution in [0.25, 0.3) is 0 Å². The second kappa shape index (κ2) is 9.83. The number of amides is 3. The first-order valence-corrected chi connectivity index (χ1v) is 9.58. The number of urea groups is 1. The van der Waals surface area contributed by atoms with Crippen LogP contribution in [0.4, 0.5) is 4.79 Å². The van der Waals surface area contributed by atoms with Gasteiger partial charge in [0.25, 0.3) is 5.91 Å². The molecular weight excluding hydrogens is 374 g/mol. The lowest BCUT2D eigenvalue weighted by atomic mass is 10.2. The number of imide groups is 1. The largest absolute Gasteiger partial charge is 0.449 e. The molecule has 3 amide bonds. The molecule has 0 heterocycles. The SMILES string of the molecule is C=CCNS(=O)(=O)c1cccc(C(=O)O[C@H](C)C(=O)NC(=O)NC(C)C)c1. The second-order valence-corrected chi connectivity index (χ2v) is 7.60. The van der Waals surface area contributed by atoms with Crippen LogP contribution in [0, 0.1) is 0 Å². The van der Waals surface area contributed by atoms with E-state index in [0.717, 1.165) is 6.07 Å². The maximum atomic E-state index is 12.2. The van der Waals surface area contributed by atoms with Gasteiger partial charge >= 0.3 is 12.0 Å². The average molecular weight is 397 g/mol. The molecular formula is C17H23N3O6S. The van der Waals surface area contributed by atoms with Gasteiger partial charge in [0.2, 0.25) is 10.0 Å². The predicted molar refractivity (Wildman–Crippen MR) is 98.5 cm³/mol. The second-order valence-electron chi connectivity index (χ2n) is 5.83. The number of esters is 1. The third kappa shape index (κ3) is 7.19. The molecule has 3 N–H and O–H groups in total. The third-order valence-electron chi connectivity index (χ3n) is 3.11. The van der Waals surface area contributed by atoms with Gasteiger partial charge in [0.1, 0.15) is 0 Å². The molecule has 27 heavy (non-hydrogen) atoms. The monoisotopic (exact) mass is 397 g/mol. The number of ether oxygens (including phenoxy) is 1. The predicted octanol–water partition coefficient (Wildman–Crippen LogP) is 0.930. The minimum absolute atomic E-state index is 0.0344. The molecule has 1 rings (SSSR count). The number of rotatable bonds is 8. The topological polar surface area (TPSA) is 131 Å². The van der Waals surface area contributed by atoms with Gasteiger partial charge in [-0.1, -0.05) is 12.1 Å². The van der Waals surface area contributed by atoms with Crippen LogP contribution >= 0.6 is 0 Å². The fraction of sp³-hybridized carbons (Fsp3) is 0.353. The third-order valence-corrected chi connectivity index (χ3v) is 4.53. The zero-order chi connectivity index (χ0) is 20.6. The molecule has 0 aromatic heterocycles. The standard InChI is InChI=1S/C17H23N3O6S/c1-5-9-18-27(24,25)14-8-6-7-13(10-14)16(22)26-12(4)15(21)20-17(23)19-11(2)3/h5-8,10-12,18H,1,9H2,2-4H3,(H2,19,20,21,23)/t12-/m1/s1. The van der Waals surface area contributed by atoms with Crippen molar-refractivity contribution >= 4 is 27.9 Å². The summed E-state index contributed by atoms with van der Waals surface area (Å²) in [5.41, 5.74) is -0.0530. The summed E-state index contributed by atoms with van der Waals surface area (Å²) in [6.45, 7) is 8.19. The van der Waals surface area contributed by atoms with E-state index >= 15 is 0 Å². The van der Waals surface area contributed by atoms with Crippen molar-refractivity contribution in [3.05, 3.63) is 42.5 Å². The highest BCUT2D eigenvalue weighted by Gasteiger charge is 2.22. The Morgan fingerprint density at radius 2 is 1.89 bits per heavy atom. The average Bonchev–Trinajstić information content (AvgIpc) is 2.59. The van der Waals surface area contributed by atoms with Gasteiger partial charge in [-0.2, -0.15) is 0 Å². The Morgan fingerprint density at radius 1 is 1.22 bits per heavy atom. The summed E-state index contributed by atoms with van der Waals surface area (Å²) in [5, 5.41) is 4.51. The fourth-order valence-electron chi connectivity index (χ4n) is 1.84. The molecule has 0 saturated heterocycles. The number of hydrogen-bond donors (Lipinski definition) is 3. The van der Waals surface area contributed by atoms with Crippen LogP contribution in [0.15, 0.2) is 41.8 Å². The smallest absolute Gasteiger partial charge is 0.338 e. The molecule has 0 unspecified atom stereocenters. The van der Waals surface area contributed by atoms with Crippen molar-refractivity contribution < 1.29 is 27.5 Å². The molecule has 10 heteroatoms. The Hall–Kier alpha value is -2.72. The zero-order valence-electron chi connectivity index (χ0n) is 15.3. The molecule has 0 aliphatic rings. The molecule has 1 atom stereocenters. The zero-order valence-corrected chi connectivity index (χ0v) is 16.1. The van der Waals surface area contributed by atoms with Gasteiger partial charge in [-0.05, 0) is 39.0 Å². The Kier molecular flexibility index (Phi) is 8.13. The van der Waals surface area contributed by atoms with Gasteiger partial charge in [0.05, 0.1) is 10.5 Å². The number of carbonyl (C=O) groups excluding carboxylic acids is 3. The lowest BCUT2D eigenvalue weighted by Crippen LogP contribution is -2.46. The Balaban J connectivity index is 2.80. The number of nitrogens with one attached hydrogen (secondary N) is 3. The molecule has 1 aromatic rings. The highest BCUT2D eigenvalue weighted by molar-refractivity contribution is 7.89. The van der Waals surface area contributed by atoms with E-state index in [-0.39, 0.29) is 23.0 Å². The van der Waals surface area contributed by atoms with Gasteiger partial charge in [-0.3, -0.25) is 10.1 Å². The van der Waals surface area contributed by atoms with Gasteiger partial charge in [0.15, 0.2) is 6.10 Å². The first kappa shape index (κ1) is 22.3. The minimum Gasteiger partial charge on any atom is -0.449 e. The Bertz CT molecular complexity index is 820. The number of hydrogen-bond acceptors (Lipinski definition) is 6. The molecule has 0 spiro atoms. The van der Waals surface area contributed by atoms with Crippen molar-refractivity contribution in [3.63, 3.8) is 0 Å². The Morgan fingerprint density at radius 3 is 2.48 bits per heavy atom. The van der Waals surface area contributed by atoms with Gasteiger partial charge in [-0.25, -0.2) is 22.7 Å². The summed E-state index contributed by atoms with van der Waals surface area (Å²) in [4.78, 5) is 35.4. The van der Waals surface area contributed by atoms with E-state index in [2.05, 4.69) is 16.6 Å². The highest BCUT2D eigenvalue weighted by Crippen LogP contribution is 2.13. The van der Waals surface area contributed by atoms with Crippen molar-refractivity contribution in [1.29, 1.82) is 0 Å². The summed E-state index contributed by atoms with van der Waals surface area (Å²) in [7, 11) is -3.81. The van der Waals surface area contributed by atoms with Crippen molar-refractivity contribution in [1.82, 2.24) is 15.4 Å². The van der Waals surface area contributed by atoms with Crippen LogP contribution in [0.3, 0.4) is 0 Å². The summed E-state index contributed by atoms with van der Waals surface area (Å²) in [5.74, 6) is -1.71. The molecule has 0 bridgehead atoms. The van der Waals surface area contributed by atoms with Crippen LogP contribution < -0.4 is 15.4 Å². The van der Waals surface area contributed by atoms with Crippen LogP contribution in [-0.2, 0) is 19.6 Å². The first-order chi connectivity index (χ1) is 12.6. The molecule has 1 aromatic carbocycles. The molecule has 148 valence electrons. The number of carbonyl (C=O) groups is 3. The molecule has 9 nitrogen and oxygen atoms in total. The van der Waals surface area contributed by atoms with Crippen LogP contribution in [0.2, 0.25) is 0 Å². The lowest BCUT2D eigenvalue weighted by Gasteiger charge is -2.14. The summed E-state index contributed by atoms with van der Waals surface area (Å²) in [6.07, 6.45) is 0.125. The van der Waals surface area contributed by atoms with Gasteiger partial charge in [0, 0.05) is 12.6 Å². The molecule has 0 radical (unpaired) electrons. The fourth-order valence-corrected chi connectivity index (χ4v) is 2.88. The van der Waals surface area contributed by atoms with E-state index in [9.17, 15) is 22.8 Å². The summed E-state index contributed by atoms with van der Waals surface area (Å²) >= 11 is 0. The lowest BCUT2D eigenvalue weighted by molar-refractivity contribution is -0.127. The van der Waals surface area contributed by atoms with Gasteiger partial charge in [-0.15, -0.1) is 6.58 Å². The highest BCUT2D eigenvalue weighted by atomic mass is 32.2. The van der Waals surface area contributed by atoms with E-state index < -0.39 is 34.0 Å². The van der Waals surface area contributed by atoms with Crippen molar-refractivity contribution in [2.75, 3.05) is 6.54 Å². The molecule has 0 aliphatic heterocycles. The van der Waals surface area contributed by atoms with E-state index in [4.69, 9.17) is 4.74 Å². The van der Waals surface area contributed by atoms with Crippen molar-refractivity contribution in [2.24, 2.45) is 0 Å². The Labute approximate surface area is 158 Å². The number of sulfonamides is 1. The number of benzene rings is 1. The van der Waals surface area contributed by atoms with E-state index in [1.807, 2.05) is 5.32 Å². The van der Waals surface area contributed by atoms with E-state index in [0.29, 0.717) is 0 Å². The van der Waals surface area contributed by atoms with Crippen molar-refractivity contribution in [3.8, 4) is 0 Å². The van der Waals surface area contributed by atoms with Crippen LogP contribution in [-0.4, -0.2) is 45.0 Å². The van der Waals surface area contributed by atoms with E-state index in [1.165, 1.54) is 31.2 Å². The summed E-state index contributed by atoms with van der Waals surface area (Å²) in [6, 6.07) is 4.29. The van der Waals surface area contributed by atoms with Crippen LogP contribution in [0.5, 0.6) is 0 Å². The minimum atomic E-state index is -3.81. The maximum Gasteiger partial charge on any atom is 0.338 e. The summed E-state index contributed by atoms with van der Waals surface area (Å²) < 4.78 is 31.4. The van der Waals surface area contributed by atoms with Gasteiger partial charge < -0.3 is 10.1 Å². The molecule has 0 saturated carbocycles. The normalized spacial score (nSPS) is 12.1. The van der Waals surface area contributed by atoms with Crippen LogP contribution in [0.1, 0.15) is 31.1 Å². The molecule has 0 aliphatic carbocycles. The quantitative estimate of drug-likeness (QED) is 0.442. The maximum absolute atomic E-state index is 12.2. The van der Waals surface area contributed by atoms with E-state index in [1.54, 1.807) is 13.8 Å².